The molecular weight excluding hydrogens is 507 g/mol. The van der Waals surface area contributed by atoms with Crippen LogP contribution in [-0.2, 0) is 0 Å². The van der Waals surface area contributed by atoms with Gasteiger partial charge in [-0.25, -0.2) is 0 Å². The zero-order valence-electron chi connectivity index (χ0n) is 31.3. The topological polar surface area (TPSA) is 66.7 Å². The Morgan fingerprint density at radius 2 is 0.976 bits per heavy atom. The van der Waals surface area contributed by atoms with Crippen LogP contribution >= 0.6 is 0 Å². The molecule has 0 atom stereocenters. The first-order chi connectivity index (χ1) is 24.3. The predicted octanol–water partition coefficient (Wildman–Crippen LogP) is 8.19. The summed E-state index contributed by atoms with van der Waals surface area (Å²) in [4.78, 5) is 0. The van der Waals surface area contributed by atoms with Gasteiger partial charge in [-0.15, -0.1) is 0 Å². The Balaban J connectivity index is 0.000000160. The van der Waals surface area contributed by atoms with Crippen molar-refractivity contribution in [3.8, 4) is 22.3 Å². The summed E-state index contributed by atoms with van der Waals surface area (Å²) in [6, 6.07) is 19.5. The molecule has 41 heavy (non-hydrogen) atoms. The van der Waals surface area contributed by atoms with Crippen molar-refractivity contribution in [2.75, 3.05) is 0 Å². The molecule has 0 amide bonds. The van der Waals surface area contributed by atoms with Crippen molar-refractivity contribution in [2.45, 2.75) is 0 Å². The molecule has 0 unspecified atom stereocenters. The fraction of sp³-hybridized carbons (Fsp3) is 0. The van der Waals surface area contributed by atoms with E-state index in [0.29, 0.717) is 38.6 Å². The molecule has 2 N–H and O–H groups in total. The number of benzene rings is 6. The summed E-state index contributed by atoms with van der Waals surface area (Å²) in [6.45, 7) is 0. The molecule has 0 saturated heterocycles. The first kappa shape index (κ1) is 16.2. The first-order valence-corrected chi connectivity index (χ1v) is 12.7. The molecule has 0 fully saturated rings. The maximum Gasteiger partial charge on any atom is 0.492 e. The van der Waals surface area contributed by atoms with E-state index in [0.717, 1.165) is 10.8 Å². The summed E-state index contributed by atoms with van der Waals surface area (Å²) in [5.74, 6) is 0. The quantitative estimate of drug-likeness (QED) is 0.221. The lowest BCUT2D eigenvalue weighted by Crippen LogP contribution is -2.29. The number of rotatable bonds is 3. The molecule has 2 aromatic heterocycles. The zero-order valence-corrected chi connectivity index (χ0v) is 21.3. The predicted molar refractivity (Wildman–Crippen MR) is 168 cm³/mol. The van der Waals surface area contributed by atoms with Crippen molar-refractivity contribution in [2.24, 2.45) is 0 Å². The molecule has 8 aromatic rings. The highest BCUT2D eigenvalue weighted by molar-refractivity contribution is 6.61. The summed E-state index contributed by atoms with van der Waals surface area (Å²) in [5, 5.41) is 22.3. The third-order valence-corrected chi connectivity index (χ3v) is 6.78. The minimum absolute atomic E-state index is 0.0387. The SMILES string of the molecule is [2H]c1c([2H])c([2H])c(-c2cccc3c2oc2c(B(O)O)cccc23)c([2H])c1[2H].[2H]c1c([2H])c([2H])c(-c2cccc3c2oc2ccccc23)c([2H])c1[2H]. The Hall–Kier alpha value is -5.10. The van der Waals surface area contributed by atoms with E-state index >= 15 is 0 Å². The molecule has 0 aliphatic carbocycles. The summed E-state index contributed by atoms with van der Waals surface area (Å²) >= 11 is 0. The van der Waals surface area contributed by atoms with E-state index in [1.54, 1.807) is 42.5 Å². The van der Waals surface area contributed by atoms with Gasteiger partial charge in [-0.05, 0) is 17.2 Å². The van der Waals surface area contributed by atoms with Gasteiger partial charge in [-0.2, -0.15) is 0 Å². The van der Waals surface area contributed by atoms with Gasteiger partial charge in [0.2, 0.25) is 0 Å². The minimum Gasteiger partial charge on any atom is -0.456 e. The number of para-hydroxylation sites is 4. The number of hydrogen-bond acceptors (Lipinski definition) is 4. The van der Waals surface area contributed by atoms with Crippen LogP contribution in [0.4, 0.5) is 0 Å². The Kier molecular flexibility index (Phi) is 4.15. The van der Waals surface area contributed by atoms with Crippen molar-refractivity contribution in [1.29, 1.82) is 0 Å². The van der Waals surface area contributed by atoms with E-state index in [1.165, 1.54) is 6.07 Å². The van der Waals surface area contributed by atoms with E-state index < -0.39 is 31.3 Å². The van der Waals surface area contributed by atoms with E-state index in [9.17, 15) is 10.0 Å². The van der Waals surface area contributed by atoms with Crippen molar-refractivity contribution >= 4 is 56.5 Å². The molecule has 0 spiro atoms. The number of furan rings is 2. The van der Waals surface area contributed by atoms with E-state index in [2.05, 4.69) is 0 Å². The summed E-state index contributed by atoms with van der Waals surface area (Å²) < 4.78 is 91.5. The highest BCUT2D eigenvalue weighted by atomic mass is 16.4. The Bertz CT molecular complexity index is 2650. The van der Waals surface area contributed by atoms with Crippen LogP contribution in [0.15, 0.2) is 148 Å². The van der Waals surface area contributed by atoms with Gasteiger partial charge in [0.1, 0.15) is 22.3 Å². The molecule has 5 heteroatoms. The lowest BCUT2D eigenvalue weighted by Gasteiger charge is -2.01. The molecule has 8 rings (SSSR count). The zero-order chi connectivity index (χ0) is 36.5. The van der Waals surface area contributed by atoms with E-state index in [-0.39, 0.29) is 58.4 Å². The molecular formula is C36H25BO4. The molecule has 0 radical (unpaired) electrons. The second-order valence-electron chi connectivity index (χ2n) is 9.16. The van der Waals surface area contributed by atoms with Gasteiger partial charge < -0.3 is 18.9 Å². The fourth-order valence-electron chi connectivity index (χ4n) is 4.96. The Labute approximate surface area is 250 Å². The molecule has 6 aromatic carbocycles. The Morgan fingerprint density at radius 3 is 1.59 bits per heavy atom. The number of fused-ring (bicyclic) bond motifs is 6. The Morgan fingerprint density at radius 1 is 0.488 bits per heavy atom. The van der Waals surface area contributed by atoms with Crippen LogP contribution in [0.2, 0.25) is 0 Å². The van der Waals surface area contributed by atoms with Gasteiger partial charge in [0.25, 0.3) is 0 Å². The standard InChI is InChI=1S/C18H13BO3.C18H12O/c20-19(21)16-11-5-10-15-14-9-4-8-13(17(14)22-18(15)16)12-6-2-1-3-7-12;1-2-7-13(8-3-1)14-10-6-11-16-15-9-4-5-12-17(15)19-18(14)16/h1-11,20-21H;1-12H/i1D,2D,3D,6D,7D;1D,2D,3D,7D,8D. The third-order valence-electron chi connectivity index (χ3n) is 6.78. The smallest absolute Gasteiger partial charge is 0.456 e. The highest BCUT2D eigenvalue weighted by Crippen LogP contribution is 2.36. The van der Waals surface area contributed by atoms with Crippen LogP contribution in [0.25, 0.3) is 66.1 Å². The van der Waals surface area contributed by atoms with Crippen LogP contribution in [0, 0.1) is 0 Å². The molecule has 196 valence electrons. The molecule has 0 aliphatic heterocycles. The summed E-state index contributed by atoms with van der Waals surface area (Å²) in [5.41, 5.74) is 3.06. The van der Waals surface area contributed by atoms with E-state index in [1.807, 2.05) is 30.3 Å². The van der Waals surface area contributed by atoms with Gasteiger partial charge in [0, 0.05) is 38.1 Å². The van der Waals surface area contributed by atoms with Crippen LogP contribution < -0.4 is 5.46 Å². The molecule has 0 bridgehead atoms. The normalized spacial score (nSPS) is 14.6. The van der Waals surface area contributed by atoms with Crippen LogP contribution in [-0.4, -0.2) is 17.2 Å². The summed E-state index contributed by atoms with van der Waals surface area (Å²) in [7, 11) is -1.72. The number of hydrogen-bond donors (Lipinski definition) is 2. The lowest BCUT2D eigenvalue weighted by atomic mass is 9.79. The second-order valence-corrected chi connectivity index (χ2v) is 9.16. The van der Waals surface area contributed by atoms with Crippen molar-refractivity contribution in [3.05, 3.63) is 139 Å². The molecule has 0 aliphatic rings. The van der Waals surface area contributed by atoms with Crippen molar-refractivity contribution < 1.29 is 32.6 Å². The molecule has 4 nitrogen and oxygen atoms in total. The summed E-state index contributed by atoms with van der Waals surface area (Å²) in [6.07, 6.45) is 0. The van der Waals surface area contributed by atoms with Gasteiger partial charge in [0.05, 0.1) is 13.7 Å². The highest BCUT2D eigenvalue weighted by Gasteiger charge is 2.20. The molecule has 2 heterocycles. The van der Waals surface area contributed by atoms with Gasteiger partial charge in [0.15, 0.2) is 0 Å². The van der Waals surface area contributed by atoms with Gasteiger partial charge >= 0.3 is 7.12 Å². The monoisotopic (exact) mass is 542 g/mol. The van der Waals surface area contributed by atoms with Crippen molar-refractivity contribution in [1.82, 2.24) is 0 Å². The van der Waals surface area contributed by atoms with Crippen LogP contribution in [0.5, 0.6) is 0 Å². The second kappa shape index (κ2) is 10.5. The maximum atomic E-state index is 9.59. The van der Waals surface area contributed by atoms with Gasteiger partial charge in [-0.3, -0.25) is 0 Å². The largest absolute Gasteiger partial charge is 0.492 e. The average molecular weight is 542 g/mol. The minimum atomic E-state index is -1.72. The van der Waals surface area contributed by atoms with Crippen molar-refractivity contribution in [3.63, 3.8) is 0 Å². The first-order valence-electron chi connectivity index (χ1n) is 17.7. The average Bonchev–Trinajstić information content (AvgIpc) is 3.71. The van der Waals surface area contributed by atoms with E-state index in [4.69, 9.17) is 22.5 Å². The fourth-order valence-corrected chi connectivity index (χ4v) is 4.96. The molecule has 0 saturated carbocycles. The van der Waals surface area contributed by atoms with Crippen LogP contribution in [0.3, 0.4) is 0 Å². The van der Waals surface area contributed by atoms with Gasteiger partial charge in [-0.1, -0.05) is 133 Å². The van der Waals surface area contributed by atoms with Crippen LogP contribution in [0.1, 0.15) is 13.7 Å². The maximum absolute atomic E-state index is 9.59. The third kappa shape index (κ3) is 4.47. The lowest BCUT2D eigenvalue weighted by molar-refractivity contribution is 0.425.